The fourth-order valence-electron chi connectivity index (χ4n) is 5.09. The summed E-state index contributed by atoms with van der Waals surface area (Å²) < 4.78 is 2.08. The van der Waals surface area contributed by atoms with E-state index < -0.39 is 0 Å². The van der Waals surface area contributed by atoms with Crippen LogP contribution in [0.25, 0.3) is 5.69 Å². The van der Waals surface area contributed by atoms with Gasteiger partial charge < -0.3 is 9.67 Å². The SMILES string of the molecule is Cc1cc(C(=O)CN2[C@@H]3CCC[C@H]2CC(O)C3)c(C)n1-c1ccc(C#N)cc1. The lowest BCUT2D eigenvalue weighted by Crippen LogP contribution is -2.54. The van der Waals surface area contributed by atoms with Crippen LogP contribution in [0, 0.1) is 25.2 Å². The third kappa shape index (κ3) is 3.39. The highest BCUT2D eigenvalue weighted by Gasteiger charge is 2.38. The molecule has 2 aliphatic rings. The minimum atomic E-state index is -0.219. The van der Waals surface area contributed by atoms with Crippen molar-refractivity contribution in [1.29, 1.82) is 5.26 Å². The minimum absolute atomic E-state index is 0.154. The van der Waals surface area contributed by atoms with E-state index in [-0.39, 0.29) is 11.9 Å². The van der Waals surface area contributed by atoms with Gasteiger partial charge in [-0.25, -0.2) is 0 Å². The van der Waals surface area contributed by atoms with E-state index in [9.17, 15) is 9.90 Å². The van der Waals surface area contributed by atoms with E-state index in [4.69, 9.17) is 5.26 Å². The molecule has 1 aromatic carbocycles. The number of nitriles is 1. The minimum Gasteiger partial charge on any atom is -0.393 e. The van der Waals surface area contributed by atoms with Crippen LogP contribution in [0.1, 0.15) is 59.4 Å². The standard InChI is InChI=1S/C23H27N3O2/c1-15-10-22(16(2)26(15)18-8-6-17(13-24)7-9-18)23(28)14-25-19-4-3-5-20(25)12-21(27)11-19/h6-10,19-21,27H,3-5,11-12,14H2,1-2H3/t19-,20+,21?. The maximum atomic E-state index is 13.2. The third-order valence-electron chi connectivity index (χ3n) is 6.41. The maximum Gasteiger partial charge on any atom is 0.178 e. The molecule has 0 saturated carbocycles. The number of carbonyl (C=O) groups excluding carboxylic acids is 1. The molecular formula is C23H27N3O2. The number of nitrogens with zero attached hydrogens (tertiary/aromatic N) is 3. The Bertz CT molecular complexity index is 909. The van der Waals surface area contributed by atoms with Gasteiger partial charge in [-0.1, -0.05) is 6.42 Å². The van der Waals surface area contributed by atoms with E-state index in [2.05, 4.69) is 15.5 Å². The molecule has 5 nitrogen and oxygen atoms in total. The number of aromatic nitrogens is 1. The van der Waals surface area contributed by atoms with Gasteiger partial charge in [0, 0.05) is 34.7 Å². The van der Waals surface area contributed by atoms with E-state index in [1.807, 2.05) is 32.0 Å². The number of rotatable bonds is 4. The molecule has 2 aromatic rings. The van der Waals surface area contributed by atoms with Crippen LogP contribution in [0.4, 0.5) is 0 Å². The molecule has 4 rings (SSSR count). The van der Waals surface area contributed by atoms with Crippen molar-refractivity contribution in [3.63, 3.8) is 0 Å². The van der Waals surface area contributed by atoms with Crippen molar-refractivity contribution in [1.82, 2.24) is 9.47 Å². The summed E-state index contributed by atoms with van der Waals surface area (Å²) in [5.41, 5.74) is 4.31. The van der Waals surface area contributed by atoms with Crippen LogP contribution in [-0.2, 0) is 0 Å². The highest BCUT2D eigenvalue weighted by Crippen LogP contribution is 2.34. The molecule has 28 heavy (non-hydrogen) atoms. The molecular weight excluding hydrogens is 350 g/mol. The quantitative estimate of drug-likeness (QED) is 0.828. The number of piperidine rings is 2. The molecule has 0 radical (unpaired) electrons. The van der Waals surface area contributed by atoms with Crippen molar-refractivity contribution in [3.05, 3.63) is 52.8 Å². The first-order valence-corrected chi connectivity index (χ1v) is 10.1. The second-order valence-corrected chi connectivity index (χ2v) is 8.24. The van der Waals surface area contributed by atoms with Crippen LogP contribution >= 0.6 is 0 Å². The summed E-state index contributed by atoms with van der Waals surface area (Å²) in [5.74, 6) is 0.154. The summed E-state index contributed by atoms with van der Waals surface area (Å²) in [6.45, 7) is 4.42. The first-order valence-electron chi connectivity index (χ1n) is 10.1. The van der Waals surface area contributed by atoms with Crippen LogP contribution in [-0.4, -0.2) is 45.1 Å². The van der Waals surface area contributed by atoms with Gasteiger partial charge in [-0.15, -0.1) is 0 Å². The predicted molar refractivity (Wildman–Crippen MR) is 108 cm³/mol. The average Bonchev–Trinajstić information content (AvgIpc) is 2.97. The van der Waals surface area contributed by atoms with Crippen molar-refractivity contribution in [2.24, 2.45) is 0 Å². The molecule has 5 heteroatoms. The topological polar surface area (TPSA) is 69.3 Å². The van der Waals surface area contributed by atoms with Crippen LogP contribution in [0.2, 0.25) is 0 Å². The lowest BCUT2D eigenvalue weighted by molar-refractivity contribution is -0.0225. The van der Waals surface area contributed by atoms with Crippen molar-refractivity contribution >= 4 is 5.78 Å². The molecule has 1 aromatic heterocycles. The van der Waals surface area contributed by atoms with Crippen LogP contribution < -0.4 is 0 Å². The van der Waals surface area contributed by atoms with Gasteiger partial charge in [0.05, 0.1) is 24.3 Å². The van der Waals surface area contributed by atoms with Crippen LogP contribution in [0.5, 0.6) is 0 Å². The number of ketones is 1. The largest absolute Gasteiger partial charge is 0.393 e. The van der Waals surface area contributed by atoms with Crippen LogP contribution in [0.15, 0.2) is 30.3 Å². The summed E-state index contributed by atoms with van der Waals surface area (Å²) in [4.78, 5) is 15.5. The van der Waals surface area contributed by atoms with Gasteiger partial charge in [0.15, 0.2) is 5.78 Å². The second-order valence-electron chi connectivity index (χ2n) is 8.24. The Morgan fingerprint density at radius 3 is 2.43 bits per heavy atom. The number of aliphatic hydroxyl groups is 1. The zero-order chi connectivity index (χ0) is 19.8. The van der Waals surface area contributed by atoms with E-state index in [0.717, 1.165) is 48.3 Å². The van der Waals surface area contributed by atoms with Gasteiger partial charge in [0.25, 0.3) is 0 Å². The molecule has 0 spiro atoms. The van der Waals surface area contributed by atoms with Gasteiger partial charge >= 0.3 is 0 Å². The van der Waals surface area contributed by atoms with Crippen molar-refractivity contribution < 1.29 is 9.90 Å². The Morgan fingerprint density at radius 1 is 1.18 bits per heavy atom. The molecule has 1 N–H and O–H groups in total. The highest BCUT2D eigenvalue weighted by molar-refractivity contribution is 5.99. The van der Waals surface area contributed by atoms with Gasteiger partial charge in [-0.05, 0) is 69.9 Å². The van der Waals surface area contributed by atoms with E-state index >= 15 is 0 Å². The van der Waals surface area contributed by atoms with Gasteiger partial charge in [0.2, 0.25) is 0 Å². The zero-order valence-electron chi connectivity index (χ0n) is 16.6. The number of fused-ring (bicyclic) bond motifs is 2. The number of benzene rings is 1. The molecule has 0 amide bonds. The summed E-state index contributed by atoms with van der Waals surface area (Å²) in [6, 6.07) is 12.2. The fraction of sp³-hybridized carbons (Fsp3) is 0.478. The number of carbonyl (C=O) groups is 1. The molecule has 2 saturated heterocycles. The summed E-state index contributed by atoms with van der Waals surface area (Å²) in [6.07, 6.45) is 4.70. The molecule has 2 aliphatic heterocycles. The number of aliphatic hydroxyl groups excluding tert-OH is 1. The number of hydrogen-bond donors (Lipinski definition) is 1. The van der Waals surface area contributed by atoms with E-state index in [1.165, 1.54) is 6.42 Å². The van der Waals surface area contributed by atoms with Gasteiger partial charge in [-0.3, -0.25) is 9.69 Å². The summed E-state index contributed by atoms with van der Waals surface area (Å²) in [5, 5.41) is 19.1. The number of aryl methyl sites for hydroxylation is 1. The average molecular weight is 377 g/mol. The molecule has 2 fully saturated rings. The fourth-order valence-corrected chi connectivity index (χ4v) is 5.09. The van der Waals surface area contributed by atoms with Gasteiger partial charge in [-0.2, -0.15) is 5.26 Å². The summed E-state index contributed by atoms with van der Waals surface area (Å²) >= 11 is 0. The maximum absolute atomic E-state index is 13.2. The lowest BCUT2D eigenvalue weighted by atomic mass is 9.82. The molecule has 3 heterocycles. The number of hydrogen-bond acceptors (Lipinski definition) is 4. The molecule has 146 valence electrons. The second kappa shape index (κ2) is 7.54. The van der Waals surface area contributed by atoms with Crippen molar-refractivity contribution in [3.8, 4) is 11.8 Å². The highest BCUT2D eigenvalue weighted by atomic mass is 16.3. The van der Waals surface area contributed by atoms with Crippen molar-refractivity contribution in [2.75, 3.05) is 6.54 Å². The molecule has 2 bridgehead atoms. The smallest absolute Gasteiger partial charge is 0.178 e. The molecule has 0 aliphatic carbocycles. The Balaban J connectivity index is 1.58. The Labute approximate surface area is 166 Å². The monoisotopic (exact) mass is 377 g/mol. The third-order valence-corrected chi connectivity index (χ3v) is 6.41. The van der Waals surface area contributed by atoms with E-state index in [1.54, 1.807) is 12.1 Å². The zero-order valence-corrected chi connectivity index (χ0v) is 16.6. The lowest BCUT2D eigenvalue weighted by Gasteiger charge is -2.47. The Hall–Kier alpha value is -2.42. The van der Waals surface area contributed by atoms with Crippen LogP contribution in [0.3, 0.4) is 0 Å². The molecule has 1 unspecified atom stereocenters. The first kappa shape index (κ1) is 18.9. The van der Waals surface area contributed by atoms with Gasteiger partial charge in [0.1, 0.15) is 0 Å². The van der Waals surface area contributed by atoms with Crippen molar-refractivity contribution in [2.45, 2.75) is 64.1 Å². The van der Waals surface area contributed by atoms with E-state index in [0.29, 0.717) is 24.2 Å². The first-order chi connectivity index (χ1) is 13.5. The Morgan fingerprint density at radius 2 is 1.82 bits per heavy atom. The number of Topliss-reactive ketones (excluding diaryl/α,β-unsaturated/α-hetero) is 1. The summed E-state index contributed by atoms with van der Waals surface area (Å²) in [7, 11) is 0. The Kier molecular flexibility index (Phi) is 5.09. The normalized spacial score (nSPS) is 24.7. The predicted octanol–water partition coefficient (Wildman–Crippen LogP) is 3.53. The molecule has 3 atom stereocenters.